The zero-order chi connectivity index (χ0) is 23.2. The Hall–Kier alpha value is -2.62. The number of nitrogens with one attached hydrogen (secondary N) is 1. The largest absolute Gasteiger partial charge is 0.436 e. The van der Waals surface area contributed by atoms with Crippen LogP contribution in [0.5, 0.6) is 0 Å². The third-order valence-electron chi connectivity index (χ3n) is 5.75. The monoisotopic (exact) mass is 509 g/mol. The molecule has 32 heavy (non-hydrogen) atoms. The predicted molar refractivity (Wildman–Crippen MR) is 116 cm³/mol. The average Bonchev–Trinajstić information content (AvgIpc) is 3.46. The molecule has 2 heterocycles. The topological polar surface area (TPSA) is 64.7 Å². The second-order valence-corrected chi connectivity index (χ2v) is 8.85. The highest BCUT2D eigenvalue weighted by Crippen LogP contribution is 2.47. The Kier molecular flexibility index (Phi) is 5.91. The molecule has 1 unspecified atom stereocenters. The van der Waals surface area contributed by atoms with E-state index in [9.17, 15) is 18.0 Å². The summed E-state index contributed by atoms with van der Waals surface area (Å²) >= 11 is 3.07. The maximum absolute atomic E-state index is 13.4. The third-order valence-corrected chi connectivity index (χ3v) is 6.53. The zero-order valence-electron chi connectivity index (χ0n) is 17.9. The van der Waals surface area contributed by atoms with Crippen molar-refractivity contribution in [1.29, 1.82) is 0 Å². The van der Waals surface area contributed by atoms with Crippen LogP contribution in [0.2, 0.25) is 0 Å². The molecule has 1 N–H and O–H groups in total. The Morgan fingerprint density at radius 1 is 1.22 bits per heavy atom. The highest BCUT2D eigenvalue weighted by atomic mass is 79.9. The SMILES string of the molecule is Cc1nn(-c2ccccc2)c(C)c1CNC(=O)C(C)n1nc(C(F)(F)F)c(Br)c1C1CC1. The summed E-state index contributed by atoms with van der Waals surface area (Å²) in [6.07, 6.45) is -3.02. The highest BCUT2D eigenvalue weighted by molar-refractivity contribution is 9.10. The van der Waals surface area contributed by atoms with Gasteiger partial charge in [-0.15, -0.1) is 0 Å². The maximum atomic E-state index is 13.4. The summed E-state index contributed by atoms with van der Waals surface area (Å²) in [6.45, 7) is 5.57. The van der Waals surface area contributed by atoms with Crippen LogP contribution in [0, 0.1) is 13.8 Å². The fourth-order valence-corrected chi connectivity index (χ4v) is 4.62. The molecule has 0 bridgehead atoms. The van der Waals surface area contributed by atoms with Crippen LogP contribution in [0.3, 0.4) is 0 Å². The minimum Gasteiger partial charge on any atom is -0.350 e. The molecule has 1 fully saturated rings. The van der Waals surface area contributed by atoms with Crippen molar-refractivity contribution >= 4 is 21.8 Å². The van der Waals surface area contributed by atoms with Crippen LogP contribution < -0.4 is 5.32 Å². The molecule has 1 aromatic carbocycles. The minimum atomic E-state index is -4.59. The van der Waals surface area contributed by atoms with E-state index < -0.39 is 23.8 Å². The van der Waals surface area contributed by atoms with Gasteiger partial charge in [-0.2, -0.15) is 23.4 Å². The first-order valence-corrected chi connectivity index (χ1v) is 11.1. The number of nitrogens with zero attached hydrogens (tertiary/aromatic N) is 4. The molecule has 1 saturated carbocycles. The molecule has 0 saturated heterocycles. The second-order valence-electron chi connectivity index (χ2n) is 8.05. The summed E-state index contributed by atoms with van der Waals surface area (Å²) in [5, 5.41) is 11.2. The van der Waals surface area contributed by atoms with E-state index in [1.807, 2.05) is 48.9 Å². The summed E-state index contributed by atoms with van der Waals surface area (Å²) in [7, 11) is 0. The third kappa shape index (κ3) is 4.20. The molecule has 0 radical (unpaired) electrons. The lowest BCUT2D eigenvalue weighted by atomic mass is 10.2. The Balaban J connectivity index is 1.54. The van der Waals surface area contributed by atoms with Gasteiger partial charge in [0.15, 0.2) is 5.69 Å². The van der Waals surface area contributed by atoms with E-state index in [2.05, 4.69) is 31.4 Å². The lowest BCUT2D eigenvalue weighted by molar-refractivity contribution is -0.142. The molecule has 1 atom stereocenters. The fraction of sp³-hybridized carbons (Fsp3) is 0.409. The summed E-state index contributed by atoms with van der Waals surface area (Å²) in [4.78, 5) is 12.9. The molecule has 10 heteroatoms. The number of aryl methyl sites for hydroxylation is 1. The summed E-state index contributed by atoms with van der Waals surface area (Å²) in [6, 6.07) is 8.76. The molecule has 1 aliphatic rings. The van der Waals surface area contributed by atoms with Crippen LogP contribution in [0.4, 0.5) is 13.2 Å². The van der Waals surface area contributed by atoms with Crippen molar-refractivity contribution in [3.05, 3.63) is 63.1 Å². The number of benzene rings is 1. The van der Waals surface area contributed by atoms with Crippen LogP contribution in [-0.4, -0.2) is 25.5 Å². The molecule has 170 valence electrons. The lowest BCUT2D eigenvalue weighted by Gasteiger charge is -2.16. The first-order chi connectivity index (χ1) is 15.1. The second kappa shape index (κ2) is 8.38. The van der Waals surface area contributed by atoms with Crippen LogP contribution in [0.1, 0.15) is 60.1 Å². The molecule has 4 rings (SSSR count). The smallest absolute Gasteiger partial charge is 0.350 e. The number of alkyl halides is 3. The van der Waals surface area contributed by atoms with Gasteiger partial charge in [0.2, 0.25) is 5.91 Å². The van der Waals surface area contributed by atoms with Crippen molar-refractivity contribution in [3.63, 3.8) is 0 Å². The van der Waals surface area contributed by atoms with Gasteiger partial charge in [0.05, 0.1) is 21.5 Å². The molecular formula is C22H23BrF3N5O. The number of para-hydroxylation sites is 1. The zero-order valence-corrected chi connectivity index (χ0v) is 19.5. The van der Waals surface area contributed by atoms with E-state index in [0.717, 1.165) is 35.5 Å². The number of halogens is 4. The van der Waals surface area contributed by atoms with Gasteiger partial charge in [-0.3, -0.25) is 9.48 Å². The van der Waals surface area contributed by atoms with E-state index >= 15 is 0 Å². The van der Waals surface area contributed by atoms with Gasteiger partial charge in [-0.25, -0.2) is 4.68 Å². The van der Waals surface area contributed by atoms with E-state index in [-0.39, 0.29) is 16.9 Å². The van der Waals surface area contributed by atoms with Crippen LogP contribution in [0.25, 0.3) is 5.69 Å². The van der Waals surface area contributed by atoms with E-state index in [0.29, 0.717) is 5.69 Å². The van der Waals surface area contributed by atoms with Gasteiger partial charge in [0.1, 0.15) is 6.04 Å². The molecule has 0 spiro atoms. The molecule has 3 aromatic rings. The molecule has 1 amide bonds. The standard InChI is InChI=1S/C22H23BrF3N5O/c1-12-17(13(2)30(28-12)16-7-5-4-6-8-16)11-27-21(32)14(3)31-19(15-9-10-15)18(23)20(29-31)22(24,25)26/h4-8,14-15H,9-11H2,1-3H3,(H,27,32). The first-order valence-electron chi connectivity index (χ1n) is 10.3. The molecule has 0 aliphatic heterocycles. The van der Waals surface area contributed by atoms with Crippen LogP contribution >= 0.6 is 15.9 Å². The van der Waals surface area contributed by atoms with E-state index in [1.54, 1.807) is 6.92 Å². The van der Waals surface area contributed by atoms with Gasteiger partial charge >= 0.3 is 6.18 Å². The Labute approximate surface area is 191 Å². The quantitative estimate of drug-likeness (QED) is 0.495. The Bertz CT molecular complexity index is 1150. The Morgan fingerprint density at radius 3 is 2.47 bits per heavy atom. The average molecular weight is 510 g/mol. The minimum absolute atomic E-state index is 0.0168. The first kappa shape index (κ1) is 22.6. The summed E-state index contributed by atoms with van der Waals surface area (Å²) in [5.74, 6) is -0.418. The predicted octanol–water partition coefficient (Wildman–Crippen LogP) is 5.22. The number of carbonyl (C=O) groups is 1. The molecular weight excluding hydrogens is 487 g/mol. The number of hydrogen-bond donors (Lipinski definition) is 1. The molecule has 1 aliphatic carbocycles. The van der Waals surface area contributed by atoms with Crippen molar-refractivity contribution in [3.8, 4) is 5.69 Å². The van der Waals surface area contributed by atoms with Crippen LogP contribution in [-0.2, 0) is 17.5 Å². The number of hydrogen-bond acceptors (Lipinski definition) is 3. The van der Waals surface area contributed by atoms with Crippen molar-refractivity contribution in [2.75, 3.05) is 0 Å². The van der Waals surface area contributed by atoms with Gasteiger partial charge in [-0.05, 0) is 61.7 Å². The summed E-state index contributed by atoms with van der Waals surface area (Å²) in [5.41, 5.74) is 2.89. The maximum Gasteiger partial charge on any atom is 0.436 e. The van der Waals surface area contributed by atoms with Crippen LogP contribution in [0.15, 0.2) is 34.8 Å². The van der Waals surface area contributed by atoms with Gasteiger partial charge in [0.25, 0.3) is 0 Å². The van der Waals surface area contributed by atoms with Crippen molar-refractivity contribution in [2.45, 2.75) is 58.3 Å². The number of aromatic nitrogens is 4. The molecule has 6 nitrogen and oxygen atoms in total. The lowest BCUT2D eigenvalue weighted by Crippen LogP contribution is -2.32. The van der Waals surface area contributed by atoms with Gasteiger partial charge in [0, 0.05) is 23.7 Å². The van der Waals surface area contributed by atoms with E-state index in [4.69, 9.17) is 0 Å². The van der Waals surface area contributed by atoms with Crippen molar-refractivity contribution in [1.82, 2.24) is 24.9 Å². The van der Waals surface area contributed by atoms with Gasteiger partial charge in [-0.1, -0.05) is 18.2 Å². The Morgan fingerprint density at radius 2 is 1.88 bits per heavy atom. The summed E-state index contributed by atoms with van der Waals surface area (Å²) < 4.78 is 43.1. The number of amides is 1. The van der Waals surface area contributed by atoms with Gasteiger partial charge < -0.3 is 5.32 Å². The number of rotatable bonds is 6. The van der Waals surface area contributed by atoms with E-state index in [1.165, 1.54) is 4.68 Å². The number of carbonyl (C=O) groups excluding carboxylic acids is 1. The normalized spacial score (nSPS) is 15.1. The fourth-order valence-electron chi connectivity index (χ4n) is 3.81. The van der Waals surface area contributed by atoms with Crippen molar-refractivity contribution < 1.29 is 18.0 Å². The van der Waals surface area contributed by atoms with Crippen molar-refractivity contribution in [2.24, 2.45) is 0 Å². The highest BCUT2D eigenvalue weighted by Gasteiger charge is 2.43. The molecule has 2 aromatic heterocycles.